The minimum atomic E-state index is -2.43. The van der Waals surface area contributed by atoms with Gasteiger partial charge in [0.05, 0.1) is 24.4 Å². The molecule has 3 heterocycles. The highest BCUT2D eigenvalue weighted by Crippen LogP contribution is 2.38. The number of allylic oxidation sites excluding steroid dienone is 6. The van der Waals surface area contributed by atoms with Gasteiger partial charge in [-0.05, 0) is 107 Å². The van der Waals surface area contributed by atoms with Gasteiger partial charge in [-0.1, -0.05) is 71.1 Å². The van der Waals surface area contributed by atoms with E-state index in [1.54, 1.807) is 41.1 Å². The predicted octanol–water partition coefficient (Wildman–Crippen LogP) is 6.18. The van der Waals surface area contributed by atoms with Gasteiger partial charge >= 0.3 is 5.97 Å². The van der Waals surface area contributed by atoms with Crippen molar-refractivity contribution in [3.63, 3.8) is 0 Å². The molecule has 0 radical (unpaired) electrons. The number of hydrogen-bond acceptors (Lipinski definition) is 13. The lowest BCUT2D eigenvalue weighted by Gasteiger charge is -2.42. The molecule has 14 nitrogen and oxygen atoms in total. The summed E-state index contributed by atoms with van der Waals surface area (Å²) in [6, 6.07) is -1.14. The Bertz CT molecular complexity index is 1760. The number of piperidine rings is 1. The molecule has 1 amide bonds. The van der Waals surface area contributed by atoms with Gasteiger partial charge in [-0.25, -0.2) is 4.79 Å². The van der Waals surface area contributed by atoms with E-state index in [9.17, 15) is 39.3 Å². The molecule has 3 aliphatic heterocycles. The third-order valence-electron chi connectivity index (χ3n) is 14.5. The monoisotopic (exact) mass is 914 g/mol. The zero-order valence-corrected chi connectivity index (χ0v) is 40.6. The molecule has 0 aromatic carbocycles. The molecule has 1 saturated carbocycles. The van der Waals surface area contributed by atoms with E-state index in [0.29, 0.717) is 63.4 Å². The maximum atomic E-state index is 14.4. The van der Waals surface area contributed by atoms with Crippen molar-refractivity contribution in [2.24, 2.45) is 35.5 Å². The summed E-state index contributed by atoms with van der Waals surface area (Å²) in [5, 5.41) is 33.8. The van der Waals surface area contributed by atoms with Crippen LogP contribution in [0.2, 0.25) is 0 Å². The summed E-state index contributed by atoms with van der Waals surface area (Å²) in [4.78, 5) is 71.8. The van der Waals surface area contributed by atoms with E-state index < -0.39 is 83.9 Å². The number of carbonyl (C=O) groups is 5. The zero-order chi connectivity index (χ0) is 48.2. The van der Waals surface area contributed by atoms with E-state index >= 15 is 0 Å². The number of ether oxygens (including phenoxy) is 5. The molecule has 2 saturated heterocycles. The lowest BCUT2D eigenvalue weighted by Crippen LogP contribution is -2.61. The molecular weight excluding hydrogens is 835 g/mol. The zero-order valence-electron chi connectivity index (χ0n) is 40.6. The number of nitrogens with zero attached hydrogens (tertiary/aromatic N) is 1. The predicted molar refractivity (Wildman–Crippen MR) is 245 cm³/mol. The van der Waals surface area contributed by atoms with Gasteiger partial charge < -0.3 is 43.9 Å². The fraction of sp³-hybridized carbons (Fsp3) is 0.745. The Morgan fingerprint density at radius 3 is 2.25 bits per heavy atom. The highest BCUT2D eigenvalue weighted by Gasteiger charge is 2.53. The summed E-state index contributed by atoms with van der Waals surface area (Å²) < 4.78 is 29.4. The number of rotatable bonds is 6. The maximum Gasteiger partial charge on any atom is 0.329 e. The van der Waals surface area contributed by atoms with Gasteiger partial charge in [0.1, 0.15) is 30.1 Å². The second-order valence-electron chi connectivity index (χ2n) is 19.6. The van der Waals surface area contributed by atoms with Gasteiger partial charge in [-0.2, -0.15) is 0 Å². The van der Waals surface area contributed by atoms with Gasteiger partial charge in [-0.15, -0.1) is 0 Å². The topological polar surface area (TPSA) is 195 Å². The molecule has 0 aromatic heterocycles. The van der Waals surface area contributed by atoms with Crippen LogP contribution < -0.4 is 0 Å². The van der Waals surface area contributed by atoms with Crippen LogP contribution in [0.4, 0.5) is 0 Å². The van der Waals surface area contributed by atoms with Crippen molar-refractivity contribution in [3.8, 4) is 0 Å². The summed E-state index contributed by atoms with van der Waals surface area (Å²) >= 11 is 0. The van der Waals surface area contributed by atoms with Crippen molar-refractivity contribution in [2.75, 3.05) is 27.9 Å². The van der Waals surface area contributed by atoms with Crippen molar-refractivity contribution < 1.29 is 63.0 Å². The summed E-state index contributed by atoms with van der Waals surface area (Å²) in [7, 11) is 4.52. The number of methoxy groups -OCH3 is 3. The molecule has 0 spiro atoms. The standard InChI is InChI=1S/C51H79NO13/c1-30-16-12-11-13-17-31(2)42(61-8)28-38-21-19-36(7)51(60,65-38)48(57)49(58)52-23-15-14-18-39(52)50(59)64-43(33(4)26-37-20-22-40(53)44(27-37)62-9)29-41(54)32(3)25-35(6)46(56)47(63-10)45(55)34(5)24-30/h11-13,16-17,25,30,32-34,36-40,42-44,46-47,53,56,60H,14-15,18-24,26-29H2,1-10H3/b13-11+,16-12+,31-17+,35-25+/t30-,32-,33-,34-,36-,37+,38-,39+,40-,42+,43+,44-,46-,47+,51-/m1/s1. The van der Waals surface area contributed by atoms with Crippen LogP contribution in [-0.2, 0) is 47.7 Å². The molecule has 4 rings (SSSR count). The summed E-state index contributed by atoms with van der Waals surface area (Å²) in [5.41, 5.74) is 1.27. The lowest BCUT2D eigenvalue weighted by atomic mass is 9.78. The number of cyclic esters (lactones) is 1. The second kappa shape index (κ2) is 25.1. The third kappa shape index (κ3) is 14.3. The van der Waals surface area contributed by atoms with Crippen LogP contribution in [-0.4, -0.2) is 132 Å². The number of aliphatic hydroxyl groups is 3. The Kier molecular flexibility index (Phi) is 21.0. The van der Waals surface area contributed by atoms with Crippen LogP contribution in [0.15, 0.2) is 47.6 Å². The molecule has 0 aromatic rings. The Morgan fingerprint density at radius 2 is 1.57 bits per heavy atom. The van der Waals surface area contributed by atoms with E-state index in [1.165, 1.54) is 12.0 Å². The first-order chi connectivity index (χ1) is 30.7. The van der Waals surface area contributed by atoms with E-state index in [4.69, 9.17) is 23.7 Å². The van der Waals surface area contributed by atoms with Crippen LogP contribution in [0.25, 0.3) is 0 Å². The van der Waals surface area contributed by atoms with E-state index in [0.717, 1.165) is 12.0 Å². The molecule has 3 N–H and O–H groups in total. The first-order valence-electron chi connectivity index (χ1n) is 23.9. The molecule has 65 heavy (non-hydrogen) atoms. The number of carbonyl (C=O) groups excluding carboxylic acids is 5. The van der Waals surface area contributed by atoms with Gasteiger partial charge in [-0.3, -0.25) is 19.2 Å². The second-order valence-corrected chi connectivity index (χ2v) is 19.6. The van der Waals surface area contributed by atoms with Crippen LogP contribution in [0.5, 0.6) is 0 Å². The van der Waals surface area contributed by atoms with Crippen molar-refractivity contribution in [1.29, 1.82) is 0 Å². The molecular formula is C51H79NO13. The lowest BCUT2D eigenvalue weighted by molar-refractivity contribution is -0.265. The van der Waals surface area contributed by atoms with Crippen LogP contribution >= 0.6 is 0 Å². The smallest absolute Gasteiger partial charge is 0.329 e. The third-order valence-corrected chi connectivity index (χ3v) is 14.5. The summed E-state index contributed by atoms with van der Waals surface area (Å²) in [6.45, 7) is 12.7. The number of amides is 1. The average Bonchev–Trinajstić information content (AvgIpc) is 3.28. The van der Waals surface area contributed by atoms with Crippen molar-refractivity contribution in [3.05, 3.63) is 47.6 Å². The van der Waals surface area contributed by atoms with Crippen LogP contribution in [0.3, 0.4) is 0 Å². The highest BCUT2D eigenvalue weighted by atomic mass is 16.6. The Balaban J connectivity index is 1.70. The van der Waals surface area contributed by atoms with E-state index in [-0.39, 0.29) is 54.8 Å². The number of aliphatic hydroxyl groups excluding tert-OH is 2. The van der Waals surface area contributed by atoms with Crippen LogP contribution in [0.1, 0.15) is 126 Å². The Labute approximate surface area is 387 Å². The Hall–Kier alpha value is -3.37. The largest absolute Gasteiger partial charge is 0.460 e. The summed E-state index contributed by atoms with van der Waals surface area (Å²) in [5.74, 6) is -7.96. The molecule has 0 unspecified atom stereocenters. The molecule has 3 fully saturated rings. The minimum Gasteiger partial charge on any atom is -0.460 e. The van der Waals surface area contributed by atoms with Gasteiger partial charge in [0, 0.05) is 58.5 Å². The molecule has 15 atom stereocenters. The fourth-order valence-electron chi connectivity index (χ4n) is 10.1. The molecule has 1 aliphatic carbocycles. The number of hydrogen-bond donors (Lipinski definition) is 3. The molecule has 366 valence electrons. The first kappa shape index (κ1) is 54.2. The van der Waals surface area contributed by atoms with E-state index in [1.807, 2.05) is 58.1 Å². The highest BCUT2D eigenvalue weighted by molar-refractivity contribution is 6.39. The molecule has 2 bridgehead atoms. The number of fused-ring (bicyclic) bond motifs is 3. The minimum absolute atomic E-state index is 0.0193. The molecule has 4 aliphatic rings. The van der Waals surface area contributed by atoms with Gasteiger partial charge in [0.2, 0.25) is 5.79 Å². The average molecular weight is 914 g/mol. The van der Waals surface area contributed by atoms with Gasteiger partial charge in [0.15, 0.2) is 5.78 Å². The quantitative estimate of drug-likeness (QED) is 0.156. The number of Topliss-reactive ketones (excluding diaryl/α,β-unsaturated/α-hetero) is 3. The van der Waals surface area contributed by atoms with E-state index in [2.05, 4.69) is 0 Å². The number of esters is 1. The Morgan fingerprint density at radius 1 is 0.846 bits per heavy atom. The van der Waals surface area contributed by atoms with Crippen molar-refractivity contribution >= 4 is 29.2 Å². The van der Waals surface area contributed by atoms with Crippen molar-refractivity contribution in [1.82, 2.24) is 4.90 Å². The SMILES string of the molecule is CO[C@H]1C[C@H]2CC[C@@H](C)[C@@](O)(O2)C(=O)C(=O)N2CCCC[C@H]2C(=O)O[C@H]([C@H](C)C[C@@H]2CC[C@@H](O)[C@H](OC)C2)CC(=O)[C@H](C)/C=C(\C)[C@@H](O)[C@@H](OC)C(=O)[C@H](C)C[C@H](C)/C=C/C=C/C=C/1C. The van der Waals surface area contributed by atoms with Gasteiger partial charge in [0.25, 0.3) is 11.7 Å². The maximum absolute atomic E-state index is 14.4. The number of ketones is 3. The van der Waals surface area contributed by atoms with Crippen LogP contribution in [0, 0.1) is 35.5 Å². The normalized spacial score (nSPS) is 40.4. The van der Waals surface area contributed by atoms with Crippen molar-refractivity contribution in [2.45, 2.75) is 180 Å². The molecule has 14 heteroatoms. The first-order valence-corrected chi connectivity index (χ1v) is 23.9. The summed E-state index contributed by atoms with van der Waals surface area (Å²) in [6.07, 6.45) is 11.2. The fourth-order valence-corrected chi connectivity index (χ4v) is 10.1.